The summed E-state index contributed by atoms with van der Waals surface area (Å²) in [5.74, 6) is 0. The van der Waals surface area contributed by atoms with Crippen molar-refractivity contribution >= 4 is 17.1 Å². The lowest BCUT2D eigenvalue weighted by Gasteiger charge is -1.89. The highest BCUT2D eigenvalue weighted by Crippen LogP contribution is 2.08. The molecule has 0 spiro atoms. The lowest BCUT2D eigenvalue weighted by atomic mass is 10.3. The van der Waals surface area contributed by atoms with Crippen molar-refractivity contribution in [1.29, 1.82) is 0 Å². The van der Waals surface area contributed by atoms with Gasteiger partial charge >= 0.3 is 0 Å². The van der Waals surface area contributed by atoms with E-state index >= 15 is 0 Å². The first-order chi connectivity index (χ1) is 7.34. The summed E-state index contributed by atoms with van der Waals surface area (Å²) < 4.78 is 0. The average Bonchev–Trinajstić information content (AvgIpc) is 2.30. The van der Waals surface area contributed by atoms with E-state index in [1.54, 1.807) is 0 Å². The molecule has 74 valence electrons. The van der Waals surface area contributed by atoms with Crippen LogP contribution in [0.4, 0.5) is 17.1 Å². The molecule has 0 aliphatic carbocycles. The number of nitrogens with one attached hydrogen (secondary N) is 1. The van der Waals surface area contributed by atoms with Crippen molar-refractivity contribution in [3.63, 3.8) is 0 Å². The fourth-order valence-electron chi connectivity index (χ4n) is 1.19. The predicted octanol–water partition coefficient (Wildman–Crippen LogP) is 1.76. The molecule has 0 fully saturated rings. The first-order valence-electron chi connectivity index (χ1n) is 4.72. The van der Waals surface area contributed by atoms with Gasteiger partial charge in [0.25, 0.3) is 0 Å². The predicted molar refractivity (Wildman–Crippen MR) is 60.0 cm³/mol. The summed E-state index contributed by atoms with van der Waals surface area (Å²) in [5, 5.41) is 7.17. The number of rotatable bonds is 2. The molecule has 0 heterocycles. The number of para-hydroxylation sites is 1. The SMILES string of the molecule is Nc1ccc([NH+]=Nc2ccccc2)cc1. The number of nitrogens with zero attached hydrogens (tertiary/aromatic N) is 1. The van der Waals surface area contributed by atoms with Gasteiger partial charge in [0.05, 0.1) is 0 Å². The highest BCUT2D eigenvalue weighted by Gasteiger charge is 1.95. The monoisotopic (exact) mass is 198 g/mol. The Morgan fingerprint density at radius 1 is 0.867 bits per heavy atom. The normalized spacial score (nSPS) is 10.7. The third-order valence-corrected chi connectivity index (χ3v) is 1.98. The van der Waals surface area contributed by atoms with Crippen molar-refractivity contribution in [2.24, 2.45) is 5.11 Å². The van der Waals surface area contributed by atoms with Gasteiger partial charge < -0.3 is 5.73 Å². The Morgan fingerprint density at radius 3 is 2.20 bits per heavy atom. The number of hydrogen-bond acceptors (Lipinski definition) is 2. The molecule has 0 amide bonds. The van der Waals surface area contributed by atoms with Gasteiger partial charge in [0.2, 0.25) is 5.69 Å². The molecule has 0 radical (unpaired) electrons. The Hall–Kier alpha value is -2.16. The highest BCUT2D eigenvalue weighted by molar-refractivity contribution is 5.43. The molecule has 2 aromatic rings. The number of nitrogen functional groups attached to an aromatic ring is 1. The van der Waals surface area contributed by atoms with Gasteiger partial charge in [0.1, 0.15) is 5.69 Å². The smallest absolute Gasteiger partial charge is 0.229 e. The molecular formula is C12H12N3+. The lowest BCUT2D eigenvalue weighted by Crippen LogP contribution is -2.57. The number of hydrogen-bond donors (Lipinski definition) is 2. The molecule has 0 bridgehead atoms. The minimum Gasteiger partial charge on any atom is -0.399 e. The van der Waals surface area contributed by atoms with Crippen LogP contribution >= 0.6 is 0 Å². The van der Waals surface area contributed by atoms with E-state index < -0.39 is 0 Å². The minimum atomic E-state index is 0.750. The van der Waals surface area contributed by atoms with Gasteiger partial charge in [0.15, 0.2) is 0 Å². The molecule has 3 nitrogen and oxygen atoms in total. The second kappa shape index (κ2) is 4.37. The molecule has 0 saturated heterocycles. The average molecular weight is 198 g/mol. The summed E-state index contributed by atoms with van der Waals surface area (Å²) >= 11 is 0. The Kier molecular flexibility index (Phi) is 2.74. The second-order valence-electron chi connectivity index (χ2n) is 3.18. The lowest BCUT2D eigenvalue weighted by molar-refractivity contribution is -0.433. The standard InChI is InChI=1S/C12H11N3/c13-10-6-8-12(9-7-10)15-14-11-4-2-1-3-5-11/h1-9H,13H2/p+1. The van der Waals surface area contributed by atoms with Crippen LogP contribution in [0.25, 0.3) is 0 Å². The molecule has 2 aromatic carbocycles. The van der Waals surface area contributed by atoms with Crippen LogP contribution in [-0.4, -0.2) is 0 Å². The zero-order chi connectivity index (χ0) is 10.5. The quantitative estimate of drug-likeness (QED) is 0.560. The highest BCUT2D eigenvalue weighted by atomic mass is 15.1. The third-order valence-electron chi connectivity index (χ3n) is 1.98. The van der Waals surface area contributed by atoms with Crippen LogP contribution in [0.5, 0.6) is 0 Å². The fourth-order valence-corrected chi connectivity index (χ4v) is 1.19. The second-order valence-corrected chi connectivity index (χ2v) is 3.18. The molecular weight excluding hydrogens is 186 g/mol. The van der Waals surface area contributed by atoms with E-state index in [0.717, 1.165) is 17.1 Å². The van der Waals surface area contributed by atoms with E-state index in [2.05, 4.69) is 10.2 Å². The maximum atomic E-state index is 5.58. The first-order valence-corrected chi connectivity index (χ1v) is 4.72. The molecule has 3 heteroatoms. The first kappa shape index (κ1) is 9.40. The van der Waals surface area contributed by atoms with E-state index in [4.69, 9.17) is 5.73 Å². The number of anilines is 1. The summed E-state index contributed by atoms with van der Waals surface area (Å²) in [5.41, 5.74) is 8.15. The van der Waals surface area contributed by atoms with Crippen molar-refractivity contribution in [2.45, 2.75) is 0 Å². The number of benzene rings is 2. The van der Waals surface area contributed by atoms with Crippen molar-refractivity contribution in [2.75, 3.05) is 5.73 Å². The fraction of sp³-hybridized carbons (Fsp3) is 0. The Morgan fingerprint density at radius 2 is 1.53 bits per heavy atom. The zero-order valence-corrected chi connectivity index (χ0v) is 8.22. The Bertz CT molecular complexity index is 446. The van der Waals surface area contributed by atoms with Crippen LogP contribution in [0.15, 0.2) is 59.7 Å². The number of nitrogens with two attached hydrogens (primary N) is 1. The minimum absolute atomic E-state index is 0.750. The molecule has 0 aliphatic heterocycles. The van der Waals surface area contributed by atoms with Crippen LogP contribution < -0.4 is 10.8 Å². The van der Waals surface area contributed by atoms with Crippen molar-refractivity contribution in [3.05, 3.63) is 54.6 Å². The molecule has 0 unspecified atom stereocenters. The molecule has 0 aliphatic rings. The van der Waals surface area contributed by atoms with Gasteiger partial charge in [0, 0.05) is 17.8 Å². The van der Waals surface area contributed by atoms with Crippen LogP contribution in [0, 0.1) is 0 Å². The molecule has 15 heavy (non-hydrogen) atoms. The molecule has 2 rings (SSSR count). The number of azo groups is 1. The van der Waals surface area contributed by atoms with E-state index in [0.29, 0.717) is 0 Å². The van der Waals surface area contributed by atoms with Crippen molar-refractivity contribution in [3.8, 4) is 0 Å². The maximum Gasteiger partial charge on any atom is 0.229 e. The van der Waals surface area contributed by atoms with Gasteiger partial charge in [-0.25, -0.2) is 0 Å². The van der Waals surface area contributed by atoms with Crippen molar-refractivity contribution < 1.29 is 5.11 Å². The van der Waals surface area contributed by atoms with Gasteiger partial charge in [-0.3, -0.25) is 0 Å². The summed E-state index contributed by atoms with van der Waals surface area (Å²) in [6.45, 7) is 0. The Balaban J connectivity index is 2.15. The van der Waals surface area contributed by atoms with Gasteiger partial charge in [-0.1, -0.05) is 23.3 Å². The molecule has 3 N–H and O–H groups in total. The van der Waals surface area contributed by atoms with Crippen molar-refractivity contribution in [1.82, 2.24) is 0 Å². The molecule has 0 saturated carbocycles. The molecule has 0 aromatic heterocycles. The third kappa shape index (κ3) is 2.64. The van der Waals surface area contributed by atoms with Crippen LogP contribution in [-0.2, 0) is 0 Å². The van der Waals surface area contributed by atoms with Crippen LogP contribution in [0.2, 0.25) is 0 Å². The van der Waals surface area contributed by atoms with Gasteiger partial charge in [-0.2, -0.15) is 0 Å². The summed E-state index contributed by atoms with van der Waals surface area (Å²) in [6.07, 6.45) is 0. The van der Waals surface area contributed by atoms with Crippen LogP contribution in [0.3, 0.4) is 0 Å². The topological polar surface area (TPSA) is 52.4 Å². The summed E-state index contributed by atoms with van der Waals surface area (Å²) in [6, 6.07) is 17.2. The van der Waals surface area contributed by atoms with E-state index in [1.165, 1.54) is 0 Å². The summed E-state index contributed by atoms with van der Waals surface area (Å²) in [7, 11) is 0. The van der Waals surface area contributed by atoms with Crippen LogP contribution in [0.1, 0.15) is 0 Å². The van der Waals surface area contributed by atoms with E-state index in [9.17, 15) is 0 Å². The van der Waals surface area contributed by atoms with E-state index in [1.807, 2.05) is 54.6 Å². The maximum absolute atomic E-state index is 5.58. The summed E-state index contributed by atoms with van der Waals surface area (Å²) in [4.78, 5) is 0. The molecule has 0 atom stereocenters. The Labute approximate surface area is 88.3 Å². The van der Waals surface area contributed by atoms with Gasteiger partial charge in [-0.05, 0) is 29.4 Å². The van der Waals surface area contributed by atoms with Gasteiger partial charge in [-0.15, -0.1) is 0 Å². The largest absolute Gasteiger partial charge is 0.399 e. The van der Waals surface area contributed by atoms with E-state index in [-0.39, 0.29) is 0 Å². The zero-order valence-electron chi connectivity index (χ0n) is 8.22.